The standard InChI is InChI=1S/C13H25N5/c1-5-11-12(15-8-16-13(11)18-14)17-10(4)7-6-9(2)3/h8-10H,5-7,14H2,1-4H3,(H2,15,16,17,18). The molecule has 0 amide bonds. The van der Waals surface area contributed by atoms with Crippen LogP contribution in [-0.4, -0.2) is 16.0 Å². The van der Waals surface area contributed by atoms with Gasteiger partial charge in [0.2, 0.25) is 0 Å². The van der Waals surface area contributed by atoms with Gasteiger partial charge in [0.15, 0.2) is 0 Å². The highest BCUT2D eigenvalue weighted by Gasteiger charge is 2.11. The molecule has 0 bridgehead atoms. The van der Waals surface area contributed by atoms with Gasteiger partial charge >= 0.3 is 0 Å². The number of nitrogens with one attached hydrogen (secondary N) is 2. The van der Waals surface area contributed by atoms with Gasteiger partial charge < -0.3 is 10.7 Å². The van der Waals surface area contributed by atoms with Gasteiger partial charge in [-0.05, 0) is 32.1 Å². The molecule has 0 radical (unpaired) electrons. The van der Waals surface area contributed by atoms with Crippen molar-refractivity contribution in [1.82, 2.24) is 9.97 Å². The molecule has 0 aliphatic heterocycles. The van der Waals surface area contributed by atoms with Crippen molar-refractivity contribution in [2.75, 3.05) is 10.7 Å². The number of nitrogens with two attached hydrogens (primary N) is 1. The zero-order chi connectivity index (χ0) is 13.5. The third-order valence-electron chi connectivity index (χ3n) is 3.00. The Hall–Kier alpha value is -1.36. The molecule has 18 heavy (non-hydrogen) atoms. The zero-order valence-electron chi connectivity index (χ0n) is 11.8. The number of hydrazine groups is 1. The number of rotatable bonds is 7. The van der Waals surface area contributed by atoms with Crippen LogP contribution in [0.25, 0.3) is 0 Å². The molecule has 1 rings (SSSR count). The molecule has 5 nitrogen and oxygen atoms in total. The largest absolute Gasteiger partial charge is 0.367 e. The molecule has 0 aromatic carbocycles. The lowest BCUT2D eigenvalue weighted by Gasteiger charge is -2.18. The van der Waals surface area contributed by atoms with Gasteiger partial charge in [-0.1, -0.05) is 20.8 Å². The first-order valence-corrected chi connectivity index (χ1v) is 6.65. The van der Waals surface area contributed by atoms with E-state index in [2.05, 4.69) is 48.4 Å². The van der Waals surface area contributed by atoms with Crippen LogP contribution in [0.3, 0.4) is 0 Å². The van der Waals surface area contributed by atoms with Crippen LogP contribution >= 0.6 is 0 Å². The van der Waals surface area contributed by atoms with Gasteiger partial charge in [-0.15, -0.1) is 0 Å². The average molecular weight is 251 g/mol. The van der Waals surface area contributed by atoms with Gasteiger partial charge in [-0.2, -0.15) is 0 Å². The zero-order valence-corrected chi connectivity index (χ0v) is 11.8. The van der Waals surface area contributed by atoms with Crippen LogP contribution in [0, 0.1) is 5.92 Å². The Balaban J connectivity index is 2.71. The van der Waals surface area contributed by atoms with Crippen molar-refractivity contribution in [3.8, 4) is 0 Å². The van der Waals surface area contributed by atoms with Gasteiger partial charge in [0.05, 0.1) is 0 Å². The molecule has 4 N–H and O–H groups in total. The lowest BCUT2D eigenvalue weighted by atomic mass is 10.0. The van der Waals surface area contributed by atoms with E-state index in [9.17, 15) is 0 Å². The van der Waals surface area contributed by atoms with Gasteiger partial charge in [-0.3, -0.25) is 0 Å². The number of nitrogens with zero attached hydrogens (tertiary/aromatic N) is 2. The summed E-state index contributed by atoms with van der Waals surface area (Å²) in [4.78, 5) is 8.43. The van der Waals surface area contributed by atoms with E-state index in [-0.39, 0.29) is 0 Å². The first kappa shape index (κ1) is 14.7. The van der Waals surface area contributed by atoms with E-state index in [1.807, 2.05) is 0 Å². The number of hydrogen-bond donors (Lipinski definition) is 3. The molecule has 0 saturated carbocycles. The lowest BCUT2D eigenvalue weighted by Crippen LogP contribution is -2.20. The molecule has 1 aromatic rings. The molecular weight excluding hydrogens is 226 g/mol. The summed E-state index contributed by atoms with van der Waals surface area (Å²) in [6, 6.07) is 0.401. The highest BCUT2D eigenvalue weighted by molar-refractivity contribution is 5.57. The summed E-state index contributed by atoms with van der Waals surface area (Å²) < 4.78 is 0. The maximum atomic E-state index is 5.46. The normalized spacial score (nSPS) is 12.6. The van der Waals surface area contributed by atoms with Crippen molar-refractivity contribution >= 4 is 11.6 Å². The topological polar surface area (TPSA) is 75.9 Å². The number of nitrogen functional groups attached to an aromatic ring is 1. The van der Waals surface area contributed by atoms with Crippen LogP contribution in [0.15, 0.2) is 6.33 Å². The molecule has 0 fully saturated rings. The Morgan fingerprint density at radius 2 is 1.83 bits per heavy atom. The van der Waals surface area contributed by atoms with Crippen molar-refractivity contribution in [2.24, 2.45) is 11.8 Å². The number of hydrogen-bond acceptors (Lipinski definition) is 5. The molecule has 0 spiro atoms. The highest BCUT2D eigenvalue weighted by Crippen LogP contribution is 2.21. The Bertz CT molecular complexity index is 364. The van der Waals surface area contributed by atoms with Crippen LogP contribution in [0.2, 0.25) is 0 Å². The second kappa shape index (κ2) is 7.16. The summed E-state index contributed by atoms with van der Waals surface area (Å²) in [7, 11) is 0. The minimum Gasteiger partial charge on any atom is -0.367 e. The molecule has 1 atom stereocenters. The monoisotopic (exact) mass is 251 g/mol. The van der Waals surface area contributed by atoms with Gasteiger partial charge in [0.1, 0.15) is 18.0 Å². The van der Waals surface area contributed by atoms with Crippen molar-refractivity contribution in [3.05, 3.63) is 11.9 Å². The Morgan fingerprint density at radius 1 is 1.17 bits per heavy atom. The first-order valence-electron chi connectivity index (χ1n) is 6.65. The fourth-order valence-corrected chi connectivity index (χ4v) is 1.88. The predicted molar refractivity (Wildman–Crippen MR) is 76.4 cm³/mol. The van der Waals surface area contributed by atoms with Crippen molar-refractivity contribution in [2.45, 2.75) is 53.0 Å². The summed E-state index contributed by atoms with van der Waals surface area (Å²) in [5.74, 6) is 7.77. The van der Waals surface area contributed by atoms with E-state index in [4.69, 9.17) is 5.84 Å². The molecule has 102 valence electrons. The lowest BCUT2D eigenvalue weighted by molar-refractivity contribution is 0.527. The van der Waals surface area contributed by atoms with Crippen molar-refractivity contribution in [1.29, 1.82) is 0 Å². The third kappa shape index (κ3) is 4.14. The smallest absolute Gasteiger partial charge is 0.148 e. The second-order valence-electron chi connectivity index (χ2n) is 5.06. The summed E-state index contributed by atoms with van der Waals surface area (Å²) in [5, 5.41) is 3.44. The van der Waals surface area contributed by atoms with Gasteiger partial charge in [-0.25, -0.2) is 15.8 Å². The molecule has 0 saturated heterocycles. The van der Waals surface area contributed by atoms with Gasteiger partial charge in [0.25, 0.3) is 0 Å². The van der Waals surface area contributed by atoms with Crippen LogP contribution in [0.5, 0.6) is 0 Å². The van der Waals surface area contributed by atoms with Crippen LogP contribution < -0.4 is 16.6 Å². The SMILES string of the molecule is CCc1c(NN)ncnc1NC(C)CCC(C)C. The molecule has 5 heteroatoms. The first-order chi connectivity index (χ1) is 8.58. The fourth-order valence-electron chi connectivity index (χ4n) is 1.88. The van der Waals surface area contributed by atoms with Crippen LogP contribution in [0.1, 0.15) is 46.1 Å². The van der Waals surface area contributed by atoms with Crippen molar-refractivity contribution < 1.29 is 0 Å². The van der Waals surface area contributed by atoms with Crippen LogP contribution in [-0.2, 0) is 6.42 Å². The predicted octanol–water partition coefficient (Wildman–Crippen LogP) is 2.56. The number of anilines is 2. The van der Waals surface area contributed by atoms with Crippen LogP contribution in [0.4, 0.5) is 11.6 Å². The quantitative estimate of drug-likeness (QED) is 0.513. The summed E-state index contributed by atoms with van der Waals surface area (Å²) >= 11 is 0. The highest BCUT2D eigenvalue weighted by atomic mass is 15.3. The minimum atomic E-state index is 0.401. The Morgan fingerprint density at radius 3 is 2.39 bits per heavy atom. The third-order valence-corrected chi connectivity index (χ3v) is 3.00. The molecule has 0 aliphatic rings. The Labute approximate surface area is 110 Å². The maximum Gasteiger partial charge on any atom is 0.148 e. The number of aromatic nitrogens is 2. The average Bonchev–Trinajstić information content (AvgIpc) is 2.36. The summed E-state index contributed by atoms with van der Waals surface area (Å²) in [5.41, 5.74) is 3.66. The minimum absolute atomic E-state index is 0.401. The van der Waals surface area contributed by atoms with E-state index < -0.39 is 0 Å². The second-order valence-corrected chi connectivity index (χ2v) is 5.06. The fraction of sp³-hybridized carbons (Fsp3) is 0.692. The molecule has 1 unspecified atom stereocenters. The summed E-state index contributed by atoms with van der Waals surface area (Å²) in [6.45, 7) is 8.74. The molecule has 1 aromatic heterocycles. The van der Waals surface area contributed by atoms with Gasteiger partial charge in [0, 0.05) is 11.6 Å². The molecular formula is C13H25N5. The maximum absolute atomic E-state index is 5.46. The van der Waals surface area contributed by atoms with E-state index in [1.54, 1.807) is 0 Å². The van der Waals surface area contributed by atoms with Crippen molar-refractivity contribution in [3.63, 3.8) is 0 Å². The van der Waals surface area contributed by atoms with E-state index in [1.165, 1.54) is 12.7 Å². The molecule has 0 aliphatic carbocycles. The Kier molecular flexibility index (Phi) is 5.85. The summed E-state index contributed by atoms with van der Waals surface area (Å²) in [6.07, 6.45) is 4.73. The molecule has 1 heterocycles. The van der Waals surface area contributed by atoms with E-state index in [0.717, 1.165) is 30.1 Å². The van der Waals surface area contributed by atoms with E-state index in [0.29, 0.717) is 11.9 Å². The van der Waals surface area contributed by atoms with E-state index >= 15 is 0 Å².